The summed E-state index contributed by atoms with van der Waals surface area (Å²) >= 11 is 2.22. The predicted octanol–water partition coefficient (Wildman–Crippen LogP) is 2.76. The number of rotatable bonds is 5. The number of carbonyl (C=O) groups is 1. The lowest BCUT2D eigenvalue weighted by Crippen LogP contribution is -2.50. The van der Waals surface area contributed by atoms with Crippen molar-refractivity contribution in [3.63, 3.8) is 0 Å². The van der Waals surface area contributed by atoms with Crippen LogP contribution in [0.5, 0.6) is 0 Å². The second-order valence-electron chi connectivity index (χ2n) is 4.88. The number of hydrogen-bond acceptors (Lipinski definition) is 3. The highest BCUT2D eigenvalue weighted by atomic mass is 127. The Morgan fingerprint density at radius 1 is 1.53 bits per heavy atom. The van der Waals surface area contributed by atoms with E-state index in [0.29, 0.717) is 0 Å². The van der Waals surface area contributed by atoms with E-state index in [4.69, 9.17) is 5.26 Å². The molecule has 5 heteroatoms. The van der Waals surface area contributed by atoms with Crippen molar-refractivity contribution >= 4 is 34.2 Å². The Kier molecular flexibility index (Phi) is 5.60. The van der Waals surface area contributed by atoms with Crippen LogP contribution >= 0.6 is 22.6 Å². The van der Waals surface area contributed by atoms with Crippen molar-refractivity contribution in [1.82, 2.24) is 5.32 Å². The van der Waals surface area contributed by atoms with Gasteiger partial charge in [0.15, 0.2) is 0 Å². The van der Waals surface area contributed by atoms with E-state index in [-0.39, 0.29) is 18.4 Å². The van der Waals surface area contributed by atoms with Gasteiger partial charge in [0.25, 0.3) is 0 Å². The summed E-state index contributed by atoms with van der Waals surface area (Å²) in [4.78, 5) is 11.9. The van der Waals surface area contributed by atoms with Crippen LogP contribution in [0, 0.1) is 20.8 Å². The molecular weight excluding hydrogens is 353 g/mol. The van der Waals surface area contributed by atoms with Gasteiger partial charge in [-0.25, -0.2) is 0 Å². The number of nitriles is 1. The predicted molar refractivity (Wildman–Crippen MR) is 84.6 cm³/mol. The average molecular weight is 371 g/mol. The van der Waals surface area contributed by atoms with Crippen LogP contribution in [-0.2, 0) is 4.79 Å². The van der Waals surface area contributed by atoms with Gasteiger partial charge < -0.3 is 10.6 Å². The van der Waals surface area contributed by atoms with Gasteiger partial charge in [0.2, 0.25) is 5.91 Å². The van der Waals surface area contributed by atoms with Crippen LogP contribution in [0.25, 0.3) is 0 Å². The molecule has 1 amide bonds. The van der Waals surface area contributed by atoms with E-state index in [1.54, 1.807) is 6.92 Å². The normalized spacial score (nSPS) is 13.5. The summed E-state index contributed by atoms with van der Waals surface area (Å²) in [6.45, 7) is 5.72. The number of nitrogens with one attached hydrogen (secondary N) is 2. The van der Waals surface area contributed by atoms with Crippen LogP contribution in [0.2, 0.25) is 0 Å². The maximum atomic E-state index is 11.9. The second kappa shape index (κ2) is 6.75. The molecule has 102 valence electrons. The fourth-order valence-corrected chi connectivity index (χ4v) is 1.96. The van der Waals surface area contributed by atoms with Gasteiger partial charge in [-0.05, 0) is 53.6 Å². The van der Waals surface area contributed by atoms with Crippen molar-refractivity contribution in [2.75, 3.05) is 11.9 Å². The van der Waals surface area contributed by atoms with Gasteiger partial charge in [-0.15, -0.1) is 0 Å². The third kappa shape index (κ3) is 4.71. The standard InChI is InChI=1S/C14H18IN3O/c1-10(2)14(3,9-16)18-13(19)8-17-12-6-4-5-11(15)7-12/h4-7,10,17H,8H2,1-3H3,(H,18,19)/t14-/m0/s1. The summed E-state index contributed by atoms with van der Waals surface area (Å²) in [6, 6.07) is 9.93. The molecule has 0 spiro atoms. The molecule has 0 radical (unpaired) electrons. The van der Waals surface area contributed by atoms with E-state index < -0.39 is 5.54 Å². The van der Waals surface area contributed by atoms with Crippen LogP contribution in [0.3, 0.4) is 0 Å². The highest BCUT2D eigenvalue weighted by Gasteiger charge is 2.29. The number of amides is 1. The van der Waals surface area contributed by atoms with E-state index in [0.717, 1.165) is 9.26 Å². The zero-order chi connectivity index (χ0) is 14.5. The van der Waals surface area contributed by atoms with E-state index in [2.05, 4.69) is 39.3 Å². The fourth-order valence-electron chi connectivity index (χ4n) is 1.42. The van der Waals surface area contributed by atoms with E-state index in [1.165, 1.54) is 0 Å². The number of nitrogens with zero attached hydrogens (tertiary/aromatic N) is 1. The van der Waals surface area contributed by atoms with Crippen molar-refractivity contribution in [1.29, 1.82) is 5.26 Å². The molecule has 0 fully saturated rings. The summed E-state index contributed by atoms with van der Waals surface area (Å²) in [6.07, 6.45) is 0. The molecule has 0 bridgehead atoms. The number of benzene rings is 1. The van der Waals surface area contributed by atoms with Gasteiger partial charge in [-0.3, -0.25) is 4.79 Å². The van der Waals surface area contributed by atoms with Gasteiger partial charge in [0.1, 0.15) is 5.54 Å². The maximum absolute atomic E-state index is 11.9. The van der Waals surface area contributed by atoms with Gasteiger partial charge in [-0.2, -0.15) is 5.26 Å². The molecule has 0 saturated heterocycles. The molecule has 0 heterocycles. The molecule has 19 heavy (non-hydrogen) atoms. The zero-order valence-corrected chi connectivity index (χ0v) is 13.5. The molecule has 0 unspecified atom stereocenters. The average Bonchev–Trinajstić information content (AvgIpc) is 2.36. The molecule has 0 aliphatic carbocycles. The lowest BCUT2D eigenvalue weighted by Gasteiger charge is -2.27. The third-order valence-electron chi connectivity index (χ3n) is 3.06. The largest absolute Gasteiger partial charge is 0.376 e. The second-order valence-corrected chi connectivity index (χ2v) is 6.13. The van der Waals surface area contributed by atoms with E-state index >= 15 is 0 Å². The Bertz CT molecular complexity index is 496. The first-order valence-corrected chi connectivity index (χ1v) is 7.17. The summed E-state index contributed by atoms with van der Waals surface area (Å²) in [5, 5.41) is 14.9. The summed E-state index contributed by atoms with van der Waals surface area (Å²) < 4.78 is 1.10. The van der Waals surface area contributed by atoms with Crippen LogP contribution in [-0.4, -0.2) is 18.0 Å². The minimum Gasteiger partial charge on any atom is -0.376 e. The van der Waals surface area contributed by atoms with Crippen molar-refractivity contribution < 1.29 is 4.79 Å². The Labute approximate surface area is 127 Å². The lowest BCUT2D eigenvalue weighted by atomic mass is 9.90. The van der Waals surface area contributed by atoms with Crippen LogP contribution in [0.15, 0.2) is 24.3 Å². The molecule has 1 atom stereocenters. The quantitative estimate of drug-likeness (QED) is 0.783. The molecule has 2 N–H and O–H groups in total. The first-order chi connectivity index (χ1) is 8.87. The van der Waals surface area contributed by atoms with Crippen LogP contribution < -0.4 is 10.6 Å². The van der Waals surface area contributed by atoms with Crippen molar-refractivity contribution in [2.24, 2.45) is 5.92 Å². The summed E-state index contributed by atoms with van der Waals surface area (Å²) in [7, 11) is 0. The van der Waals surface area contributed by atoms with Crippen LogP contribution in [0.1, 0.15) is 20.8 Å². The Balaban J connectivity index is 2.55. The van der Waals surface area contributed by atoms with Gasteiger partial charge in [0.05, 0.1) is 12.6 Å². The third-order valence-corrected chi connectivity index (χ3v) is 3.73. The minimum atomic E-state index is -0.829. The van der Waals surface area contributed by atoms with E-state index in [9.17, 15) is 4.79 Å². The van der Waals surface area contributed by atoms with Crippen LogP contribution in [0.4, 0.5) is 5.69 Å². The van der Waals surface area contributed by atoms with E-state index in [1.807, 2.05) is 38.1 Å². The summed E-state index contributed by atoms with van der Waals surface area (Å²) in [5.41, 5.74) is 0.0643. The van der Waals surface area contributed by atoms with Gasteiger partial charge >= 0.3 is 0 Å². The van der Waals surface area contributed by atoms with Crippen molar-refractivity contribution in [3.05, 3.63) is 27.8 Å². The van der Waals surface area contributed by atoms with Gasteiger partial charge in [0, 0.05) is 9.26 Å². The molecule has 0 aliphatic heterocycles. The Morgan fingerprint density at radius 2 is 2.21 bits per heavy atom. The lowest BCUT2D eigenvalue weighted by molar-refractivity contribution is -0.121. The molecule has 1 aromatic carbocycles. The summed E-state index contributed by atoms with van der Waals surface area (Å²) in [5.74, 6) is -0.129. The van der Waals surface area contributed by atoms with Gasteiger partial charge in [-0.1, -0.05) is 19.9 Å². The number of halogens is 1. The van der Waals surface area contributed by atoms with Crippen molar-refractivity contribution in [2.45, 2.75) is 26.3 Å². The number of hydrogen-bond donors (Lipinski definition) is 2. The molecule has 0 saturated carbocycles. The topological polar surface area (TPSA) is 64.9 Å². The monoisotopic (exact) mass is 371 g/mol. The fraction of sp³-hybridized carbons (Fsp3) is 0.429. The molecule has 1 rings (SSSR count). The number of anilines is 1. The maximum Gasteiger partial charge on any atom is 0.240 e. The minimum absolute atomic E-state index is 0.0547. The highest BCUT2D eigenvalue weighted by molar-refractivity contribution is 14.1. The molecule has 4 nitrogen and oxygen atoms in total. The molecular formula is C14H18IN3O. The Hall–Kier alpha value is -1.29. The molecule has 1 aromatic rings. The molecule has 0 aromatic heterocycles. The SMILES string of the molecule is CC(C)[C@](C)(C#N)NC(=O)CNc1cccc(I)c1. The van der Waals surface area contributed by atoms with Crippen molar-refractivity contribution in [3.8, 4) is 6.07 Å². The number of carbonyl (C=O) groups excluding carboxylic acids is 1. The molecule has 0 aliphatic rings. The zero-order valence-electron chi connectivity index (χ0n) is 11.3. The highest BCUT2D eigenvalue weighted by Crippen LogP contribution is 2.15. The Morgan fingerprint density at radius 3 is 2.74 bits per heavy atom. The smallest absolute Gasteiger partial charge is 0.240 e. The first kappa shape index (κ1) is 15.8. The first-order valence-electron chi connectivity index (χ1n) is 6.09.